The molecule has 0 saturated heterocycles. The van der Waals surface area contributed by atoms with E-state index in [9.17, 15) is 0 Å². The molecule has 146 valence electrons. The van der Waals surface area contributed by atoms with Crippen LogP contribution in [0.1, 0.15) is 36.6 Å². The summed E-state index contributed by atoms with van der Waals surface area (Å²) in [7, 11) is 4.14. The molecule has 4 nitrogen and oxygen atoms in total. The zero-order valence-corrected chi connectivity index (χ0v) is 17.0. The van der Waals surface area contributed by atoms with Crippen LogP contribution in [0.3, 0.4) is 0 Å². The lowest BCUT2D eigenvalue weighted by atomic mass is 9.91. The van der Waals surface area contributed by atoms with Crippen LogP contribution in [0.4, 0.5) is 0 Å². The van der Waals surface area contributed by atoms with Crippen LogP contribution in [0, 0.1) is 0 Å². The summed E-state index contributed by atoms with van der Waals surface area (Å²) in [5.41, 5.74) is 5.83. The Labute approximate surface area is 168 Å². The fraction of sp³-hybridized carbons (Fsp3) is 0.292. The lowest BCUT2D eigenvalue weighted by Gasteiger charge is -2.17. The van der Waals surface area contributed by atoms with Crippen LogP contribution >= 0.6 is 0 Å². The van der Waals surface area contributed by atoms with Gasteiger partial charge in [0.2, 0.25) is 0 Å². The van der Waals surface area contributed by atoms with Crippen molar-refractivity contribution in [3.05, 3.63) is 89.7 Å². The van der Waals surface area contributed by atoms with Gasteiger partial charge < -0.3 is 9.74 Å². The average molecular weight is 376 g/mol. The second-order valence-corrected chi connectivity index (χ2v) is 7.02. The van der Waals surface area contributed by atoms with E-state index in [1.165, 1.54) is 22.3 Å². The fourth-order valence-corrected chi connectivity index (χ4v) is 3.35. The lowest BCUT2D eigenvalue weighted by molar-refractivity contribution is 0.0754. The monoisotopic (exact) mass is 375 g/mol. The Kier molecular flexibility index (Phi) is 7.04. The molecular weight excluding hydrogens is 346 g/mol. The van der Waals surface area contributed by atoms with Crippen molar-refractivity contribution in [3.8, 4) is 0 Å². The Balaban J connectivity index is 2.02. The molecule has 0 bridgehead atoms. The van der Waals surface area contributed by atoms with Gasteiger partial charge in [0.15, 0.2) is 0 Å². The highest BCUT2D eigenvalue weighted by molar-refractivity contribution is 5.97. The maximum Gasteiger partial charge on any atom is 0.118 e. The van der Waals surface area contributed by atoms with Gasteiger partial charge in [-0.05, 0) is 49.7 Å². The Morgan fingerprint density at radius 3 is 2.18 bits per heavy atom. The van der Waals surface area contributed by atoms with Crippen molar-refractivity contribution in [2.75, 3.05) is 27.2 Å². The smallest absolute Gasteiger partial charge is 0.118 e. The molecule has 0 unspecified atom stereocenters. The summed E-state index contributed by atoms with van der Waals surface area (Å²) in [5, 5.41) is 4.44. The number of nitrogens with zero attached hydrogens (tertiary/aromatic N) is 3. The number of aromatic nitrogens is 2. The van der Waals surface area contributed by atoms with Gasteiger partial charge in [0.1, 0.15) is 12.3 Å². The zero-order chi connectivity index (χ0) is 19.8. The van der Waals surface area contributed by atoms with Crippen LogP contribution < -0.4 is 4.84 Å². The zero-order valence-electron chi connectivity index (χ0n) is 17.0. The van der Waals surface area contributed by atoms with Crippen molar-refractivity contribution in [1.82, 2.24) is 14.8 Å². The summed E-state index contributed by atoms with van der Waals surface area (Å²) in [5.74, 6) is 0. The fourth-order valence-electron chi connectivity index (χ4n) is 3.35. The molecule has 0 spiro atoms. The number of benzene rings is 2. The molecule has 0 atom stereocenters. The van der Waals surface area contributed by atoms with Crippen LogP contribution in [-0.4, -0.2) is 42.1 Å². The first-order valence-electron chi connectivity index (χ1n) is 9.87. The minimum absolute atomic E-state index is 0.627. The Morgan fingerprint density at radius 1 is 0.929 bits per heavy atom. The van der Waals surface area contributed by atoms with Crippen LogP contribution in [0.2, 0.25) is 0 Å². The highest BCUT2D eigenvalue weighted by atomic mass is 16.7. The first-order valence-corrected chi connectivity index (χ1v) is 9.87. The molecule has 0 aliphatic heterocycles. The van der Waals surface area contributed by atoms with Crippen LogP contribution in [0.5, 0.6) is 0 Å². The summed E-state index contributed by atoms with van der Waals surface area (Å²) in [6.45, 7) is 3.81. The van der Waals surface area contributed by atoms with Crippen LogP contribution in [0.15, 0.2) is 72.9 Å². The van der Waals surface area contributed by atoms with Crippen molar-refractivity contribution in [1.29, 1.82) is 0 Å². The van der Waals surface area contributed by atoms with Crippen LogP contribution in [-0.2, 0) is 0 Å². The number of hydrogen-bond donors (Lipinski definition) is 0. The second-order valence-electron chi connectivity index (χ2n) is 7.02. The van der Waals surface area contributed by atoms with E-state index in [0.717, 1.165) is 25.1 Å². The lowest BCUT2D eigenvalue weighted by Crippen LogP contribution is -2.21. The van der Waals surface area contributed by atoms with Gasteiger partial charge in [-0.15, -0.1) is 5.10 Å². The molecule has 4 heteroatoms. The predicted molar refractivity (Wildman–Crippen MR) is 116 cm³/mol. The number of hydrogen-bond acceptors (Lipinski definition) is 3. The SMILES string of the molecule is CCC(=C(c1ccccc1)c1ccnn1OCCCN(C)C)c1ccccc1. The molecule has 1 aromatic heterocycles. The Bertz CT molecular complexity index is 882. The number of allylic oxidation sites excluding steroid dienone is 1. The van der Waals surface area contributed by atoms with E-state index in [-0.39, 0.29) is 0 Å². The van der Waals surface area contributed by atoms with Crippen molar-refractivity contribution in [2.24, 2.45) is 0 Å². The van der Waals surface area contributed by atoms with E-state index >= 15 is 0 Å². The molecule has 0 radical (unpaired) electrons. The molecule has 0 amide bonds. The summed E-state index contributed by atoms with van der Waals surface area (Å²) in [4.78, 5) is 9.84. The van der Waals surface area contributed by atoms with Gasteiger partial charge >= 0.3 is 0 Å². The summed E-state index contributed by atoms with van der Waals surface area (Å²) in [6.07, 6.45) is 3.68. The van der Waals surface area contributed by atoms with Gasteiger partial charge in [0, 0.05) is 12.1 Å². The molecule has 3 rings (SSSR count). The summed E-state index contributed by atoms with van der Waals surface area (Å²) < 4.78 is 0. The molecule has 2 aromatic carbocycles. The minimum atomic E-state index is 0.627. The predicted octanol–water partition coefficient (Wildman–Crippen LogP) is 4.63. The van der Waals surface area contributed by atoms with Crippen molar-refractivity contribution < 1.29 is 4.84 Å². The molecule has 28 heavy (non-hydrogen) atoms. The van der Waals surface area contributed by atoms with E-state index in [4.69, 9.17) is 4.84 Å². The van der Waals surface area contributed by atoms with E-state index in [0.29, 0.717) is 6.61 Å². The van der Waals surface area contributed by atoms with Gasteiger partial charge in [-0.25, -0.2) is 0 Å². The van der Waals surface area contributed by atoms with Gasteiger partial charge in [-0.2, -0.15) is 0 Å². The highest BCUT2D eigenvalue weighted by Crippen LogP contribution is 2.33. The van der Waals surface area contributed by atoms with E-state index in [2.05, 4.69) is 85.6 Å². The molecule has 0 aliphatic rings. The van der Waals surface area contributed by atoms with Crippen molar-refractivity contribution in [2.45, 2.75) is 19.8 Å². The van der Waals surface area contributed by atoms with Gasteiger partial charge in [-0.3, -0.25) is 0 Å². The molecule has 0 aliphatic carbocycles. The highest BCUT2D eigenvalue weighted by Gasteiger charge is 2.17. The molecule has 0 fully saturated rings. The maximum absolute atomic E-state index is 6.01. The van der Waals surface area contributed by atoms with Crippen molar-refractivity contribution in [3.63, 3.8) is 0 Å². The molecule has 1 heterocycles. The molecule has 0 saturated carbocycles. The van der Waals surface area contributed by atoms with Crippen molar-refractivity contribution >= 4 is 11.1 Å². The standard InChI is InChI=1S/C24H29N3O/c1-4-22(20-12-7-5-8-13-20)24(21-14-9-6-10-15-21)23-16-17-25-27(23)28-19-11-18-26(2)3/h5-10,12-17H,4,11,18-19H2,1-3H3. The number of rotatable bonds is 9. The van der Waals surface area contributed by atoms with E-state index < -0.39 is 0 Å². The van der Waals surface area contributed by atoms with Gasteiger partial charge in [-0.1, -0.05) is 72.4 Å². The molecule has 3 aromatic rings. The third-order valence-electron chi connectivity index (χ3n) is 4.67. The second kappa shape index (κ2) is 9.90. The molecular formula is C24H29N3O. The normalized spacial score (nSPS) is 12.1. The summed E-state index contributed by atoms with van der Waals surface area (Å²) in [6, 6.07) is 23.1. The molecule has 0 N–H and O–H groups in total. The van der Waals surface area contributed by atoms with E-state index in [1.54, 1.807) is 4.85 Å². The van der Waals surface area contributed by atoms with Gasteiger partial charge in [0.25, 0.3) is 0 Å². The quantitative estimate of drug-likeness (QED) is 0.403. The van der Waals surface area contributed by atoms with E-state index in [1.807, 2.05) is 18.3 Å². The maximum atomic E-state index is 6.01. The third kappa shape index (κ3) is 4.90. The Morgan fingerprint density at radius 2 is 1.57 bits per heavy atom. The average Bonchev–Trinajstić information content (AvgIpc) is 3.18. The third-order valence-corrected chi connectivity index (χ3v) is 4.67. The summed E-state index contributed by atoms with van der Waals surface area (Å²) >= 11 is 0. The van der Waals surface area contributed by atoms with Crippen LogP contribution in [0.25, 0.3) is 11.1 Å². The first kappa shape index (κ1) is 19.9. The first-order chi connectivity index (χ1) is 13.7. The Hall–Kier alpha value is -2.85. The topological polar surface area (TPSA) is 30.3 Å². The largest absolute Gasteiger partial charge is 0.396 e. The minimum Gasteiger partial charge on any atom is -0.396 e. The van der Waals surface area contributed by atoms with Gasteiger partial charge in [0.05, 0.1) is 6.20 Å².